The van der Waals surface area contributed by atoms with Crippen LogP contribution in [0.15, 0.2) is 0 Å². The largest absolute Gasteiger partial charge is 0.444 e. The van der Waals surface area contributed by atoms with Crippen LogP contribution in [0, 0.1) is 12.3 Å². The molecule has 0 aromatic rings. The molecule has 0 aromatic heterocycles. The van der Waals surface area contributed by atoms with Gasteiger partial charge in [-0.1, -0.05) is 0 Å². The first-order valence-electron chi connectivity index (χ1n) is 5.58. The molecule has 0 aromatic carbocycles. The van der Waals surface area contributed by atoms with Crippen molar-refractivity contribution in [2.75, 3.05) is 19.6 Å². The van der Waals surface area contributed by atoms with Crippen LogP contribution in [0.2, 0.25) is 0 Å². The zero-order valence-corrected chi connectivity index (χ0v) is 10.2. The van der Waals surface area contributed by atoms with Gasteiger partial charge in [0.2, 0.25) is 0 Å². The summed E-state index contributed by atoms with van der Waals surface area (Å²) < 4.78 is 5.34. The highest BCUT2D eigenvalue weighted by Gasteiger charge is 2.29. The molecule has 1 aliphatic heterocycles. The number of carbonyl (C=O) groups excluding carboxylic acids is 1. The zero-order chi connectivity index (χ0) is 12.2. The third kappa shape index (κ3) is 3.74. The lowest BCUT2D eigenvalue weighted by atomic mass is 10.1. The number of terminal acetylenes is 1. The van der Waals surface area contributed by atoms with Gasteiger partial charge in [-0.2, -0.15) is 0 Å². The van der Waals surface area contributed by atoms with Crippen molar-refractivity contribution in [3.05, 3.63) is 0 Å². The molecule has 1 rings (SSSR count). The first kappa shape index (κ1) is 12.9. The maximum Gasteiger partial charge on any atom is 0.410 e. The van der Waals surface area contributed by atoms with Gasteiger partial charge in [-0.25, -0.2) is 4.79 Å². The molecule has 1 aliphatic rings. The molecule has 1 N–H and O–H groups in total. The number of nitrogens with zero attached hydrogens (tertiary/aromatic N) is 1. The predicted molar refractivity (Wildman–Crippen MR) is 63.0 cm³/mol. The summed E-state index contributed by atoms with van der Waals surface area (Å²) in [5.74, 6) is 2.60. The van der Waals surface area contributed by atoms with Gasteiger partial charge in [0.15, 0.2) is 0 Å². The van der Waals surface area contributed by atoms with Crippen molar-refractivity contribution < 1.29 is 9.53 Å². The normalized spacial score (nSPS) is 21.4. The second kappa shape index (κ2) is 5.22. The monoisotopic (exact) mass is 224 g/mol. The summed E-state index contributed by atoms with van der Waals surface area (Å²) in [6.45, 7) is 7.78. The number of carbonyl (C=O) groups is 1. The second-order valence-electron chi connectivity index (χ2n) is 4.94. The summed E-state index contributed by atoms with van der Waals surface area (Å²) in [4.78, 5) is 13.6. The molecule has 16 heavy (non-hydrogen) atoms. The van der Waals surface area contributed by atoms with E-state index in [1.54, 1.807) is 4.90 Å². The van der Waals surface area contributed by atoms with Crippen molar-refractivity contribution in [3.8, 4) is 12.3 Å². The molecule has 0 spiro atoms. The van der Waals surface area contributed by atoms with E-state index in [4.69, 9.17) is 11.2 Å². The third-order valence-electron chi connectivity index (χ3n) is 2.33. The van der Waals surface area contributed by atoms with E-state index in [2.05, 4.69) is 11.2 Å². The van der Waals surface area contributed by atoms with Gasteiger partial charge in [-0.3, -0.25) is 0 Å². The van der Waals surface area contributed by atoms with Crippen molar-refractivity contribution in [3.63, 3.8) is 0 Å². The lowest BCUT2D eigenvalue weighted by molar-refractivity contribution is 0.0127. The Bertz CT molecular complexity index is 288. The SMILES string of the molecule is C#CCC1CNCCN1C(=O)OC(C)(C)C. The molecular formula is C12H20N2O2. The Hall–Kier alpha value is -1.21. The fourth-order valence-corrected chi connectivity index (χ4v) is 1.64. The molecule has 4 heteroatoms. The van der Waals surface area contributed by atoms with Crippen molar-refractivity contribution in [1.29, 1.82) is 0 Å². The summed E-state index contributed by atoms with van der Waals surface area (Å²) in [5, 5.41) is 3.22. The molecule has 0 radical (unpaired) electrons. The Morgan fingerprint density at radius 3 is 2.88 bits per heavy atom. The Morgan fingerprint density at radius 1 is 1.62 bits per heavy atom. The number of ether oxygens (including phenoxy) is 1. The fraction of sp³-hybridized carbons (Fsp3) is 0.750. The van der Waals surface area contributed by atoms with Crippen molar-refractivity contribution >= 4 is 6.09 Å². The molecule has 0 saturated carbocycles. The Labute approximate surface area is 97.3 Å². The van der Waals surface area contributed by atoms with E-state index in [0.29, 0.717) is 13.0 Å². The second-order valence-corrected chi connectivity index (χ2v) is 4.94. The van der Waals surface area contributed by atoms with Gasteiger partial charge in [-0.05, 0) is 20.8 Å². The van der Waals surface area contributed by atoms with Gasteiger partial charge in [-0.15, -0.1) is 12.3 Å². The van der Waals surface area contributed by atoms with Crippen molar-refractivity contribution in [2.45, 2.75) is 38.8 Å². The molecule has 1 heterocycles. The highest BCUT2D eigenvalue weighted by molar-refractivity contribution is 5.68. The molecule has 1 amide bonds. The van der Waals surface area contributed by atoms with E-state index < -0.39 is 5.60 Å². The summed E-state index contributed by atoms with van der Waals surface area (Å²) in [5.41, 5.74) is -0.456. The molecule has 4 nitrogen and oxygen atoms in total. The standard InChI is InChI=1S/C12H20N2O2/c1-5-6-10-9-13-7-8-14(10)11(15)16-12(2,3)4/h1,10,13H,6-9H2,2-4H3. The summed E-state index contributed by atoms with van der Waals surface area (Å²) in [6.07, 6.45) is 5.58. The van der Waals surface area contributed by atoms with Gasteiger partial charge in [0, 0.05) is 26.1 Å². The Balaban J connectivity index is 2.61. The van der Waals surface area contributed by atoms with Crippen LogP contribution in [-0.4, -0.2) is 42.3 Å². The van der Waals surface area contributed by atoms with Gasteiger partial charge in [0.05, 0.1) is 6.04 Å². The minimum Gasteiger partial charge on any atom is -0.444 e. The summed E-state index contributed by atoms with van der Waals surface area (Å²) in [6, 6.07) is 0.0496. The highest BCUT2D eigenvalue weighted by atomic mass is 16.6. The third-order valence-corrected chi connectivity index (χ3v) is 2.33. The molecule has 0 bridgehead atoms. The minimum atomic E-state index is -0.456. The smallest absolute Gasteiger partial charge is 0.410 e. The van der Waals surface area contributed by atoms with E-state index >= 15 is 0 Å². The molecule has 1 saturated heterocycles. The number of rotatable bonds is 1. The van der Waals surface area contributed by atoms with Gasteiger partial charge in [0.25, 0.3) is 0 Å². The summed E-state index contributed by atoms with van der Waals surface area (Å²) in [7, 11) is 0. The Morgan fingerprint density at radius 2 is 2.31 bits per heavy atom. The fourth-order valence-electron chi connectivity index (χ4n) is 1.64. The van der Waals surface area contributed by atoms with Crippen LogP contribution in [0.1, 0.15) is 27.2 Å². The number of nitrogens with one attached hydrogen (secondary N) is 1. The van der Waals surface area contributed by atoms with Crippen molar-refractivity contribution in [1.82, 2.24) is 10.2 Å². The lowest BCUT2D eigenvalue weighted by Gasteiger charge is -2.36. The maximum atomic E-state index is 11.9. The maximum absolute atomic E-state index is 11.9. The van der Waals surface area contributed by atoms with Crippen LogP contribution in [0.4, 0.5) is 4.79 Å². The first-order chi connectivity index (χ1) is 7.44. The lowest BCUT2D eigenvalue weighted by Crippen LogP contribution is -2.54. The van der Waals surface area contributed by atoms with Crippen LogP contribution in [0.5, 0.6) is 0 Å². The van der Waals surface area contributed by atoms with E-state index in [1.165, 1.54) is 0 Å². The van der Waals surface area contributed by atoms with E-state index in [1.807, 2.05) is 20.8 Å². The average Bonchev–Trinajstić information content (AvgIpc) is 2.16. The highest BCUT2D eigenvalue weighted by Crippen LogP contribution is 2.14. The molecular weight excluding hydrogens is 204 g/mol. The van der Waals surface area contributed by atoms with Gasteiger partial charge in [0.1, 0.15) is 5.60 Å². The number of amides is 1. The summed E-state index contributed by atoms with van der Waals surface area (Å²) >= 11 is 0. The van der Waals surface area contributed by atoms with Gasteiger partial charge < -0.3 is 15.0 Å². The number of hydrogen-bond donors (Lipinski definition) is 1. The molecule has 1 unspecified atom stereocenters. The topological polar surface area (TPSA) is 41.6 Å². The van der Waals surface area contributed by atoms with Crippen LogP contribution >= 0.6 is 0 Å². The Kier molecular flexibility index (Phi) is 4.19. The molecule has 0 aliphatic carbocycles. The molecule has 1 atom stereocenters. The molecule has 90 valence electrons. The average molecular weight is 224 g/mol. The van der Waals surface area contributed by atoms with Crippen molar-refractivity contribution in [2.24, 2.45) is 0 Å². The van der Waals surface area contributed by atoms with Crippen LogP contribution < -0.4 is 5.32 Å². The van der Waals surface area contributed by atoms with Gasteiger partial charge >= 0.3 is 6.09 Å². The van der Waals surface area contributed by atoms with Crippen LogP contribution in [0.25, 0.3) is 0 Å². The number of piperazine rings is 1. The first-order valence-corrected chi connectivity index (χ1v) is 5.58. The number of hydrogen-bond acceptors (Lipinski definition) is 3. The van der Waals surface area contributed by atoms with Crippen LogP contribution in [0.3, 0.4) is 0 Å². The predicted octanol–water partition coefficient (Wildman–Crippen LogP) is 1.22. The van der Waals surface area contributed by atoms with Crippen LogP contribution in [-0.2, 0) is 4.74 Å². The quantitative estimate of drug-likeness (QED) is 0.681. The van der Waals surface area contributed by atoms with E-state index in [0.717, 1.165) is 13.1 Å². The molecule has 1 fully saturated rings. The zero-order valence-electron chi connectivity index (χ0n) is 10.2. The minimum absolute atomic E-state index is 0.0496. The van der Waals surface area contributed by atoms with E-state index in [-0.39, 0.29) is 12.1 Å². The van der Waals surface area contributed by atoms with E-state index in [9.17, 15) is 4.79 Å².